The fourth-order valence-corrected chi connectivity index (χ4v) is 3.27. The van der Waals surface area contributed by atoms with Gasteiger partial charge in [0.25, 0.3) is 0 Å². The summed E-state index contributed by atoms with van der Waals surface area (Å²) in [5, 5.41) is 3.27. The highest BCUT2D eigenvalue weighted by molar-refractivity contribution is 5.24. The summed E-state index contributed by atoms with van der Waals surface area (Å²) in [4.78, 5) is 0. The molecule has 0 aliphatic heterocycles. The van der Waals surface area contributed by atoms with Crippen LogP contribution in [0.1, 0.15) is 44.2 Å². The fraction of sp³-hybridized carbons (Fsp3) is 0.625. The molecule has 2 nitrogen and oxygen atoms in total. The minimum absolute atomic E-state index is 0.0915. The molecule has 1 N–H and O–H groups in total. The Labute approximate surface area is 115 Å². The van der Waals surface area contributed by atoms with Gasteiger partial charge in [-0.1, -0.05) is 25.1 Å². The molecule has 1 unspecified atom stereocenters. The van der Waals surface area contributed by atoms with Gasteiger partial charge in [0.15, 0.2) is 0 Å². The SMILES string of the molecule is CNC(c1ccccc1F)C1(OC)CCC(C)CC1. The smallest absolute Gasteiger partial charge is 0.128 e. The van der Waals surface area contributed by atoms with Crippen LogP contribution in [0.5, 0.6) is 0 Å². The van der Waals surface area contributed by atoms with E-state index in [2.05, 4.69) is 12.2 Å². The first-order valence-electron chi connectivity index (χ1n) is 7.10. The second kappa shape index (κ2) is 6.02. The lowest BCUT2D eigenvalue weighted by Gasteiger charge is -2.44. The van der Waals surface area contributed by atoms with E-state index >= 15 is 0 Å². The van der Waals surface area contributed by atoms with Crippen molar-refractivity contribution in [1.29, 1.82) is 0 Å². The molecule has 0 spiro atoms. The van der Waals surface area contributed by atoms with Gasteiger partial charge in [-0.05, 0) is 44.7 Å². The summed E-state index contributed by atoms with van der Waals surface area (Å²) in [7, 11) is 3.64. The third-order valence-electron chi connectivity index (χ3n) is 4.56. The minimum atomic E-state index is -0.288. The number of hydrogen-bond donors (Lipinski definition) is 1. The maximum atomic E-state index is 14.1. The van der Waals surface area contributed by atoms with Gasteiger partial charge in [-0.3, -0.25) is 0 Å². The molecule has 0 radical (unpaired) electrons. The van der Waals surface area contributed by atoms with Crippen molar-refractivity contribution < 1.29 is 9.13 Å². The van der Waals surface area contributed by atoms with Crippen LogP contribution in [0, 0.1) is 11.7 Å². The van der Waals surface area contributed by atoms with Crippen LogP contribution in [-0.2, 0) is 4.74 Å². The molecule has 1 aromatic carbocycles. The monoisotopic (exact) mass is 265 g/mol. The van der Waals surface area contributed by atoms with Crippen LogP contribution >= 0.6 is 0 Å². The molecule has 0 bridgehead atoms. The summed E-state index contributed by atoms with van der Waals surface area (Å²) in [5.74, 6) is 0.582. The van der Waals surface area contributed by atoms with Crippen LogP contribution in [0.15, 0.2) is 24.3 Å². The lowest BCUT2D eigenvalue weighted by atomic mass is 9.73. The molecule has 0 saturated heterocycles. The van der Waals surface area contributed by atoms with Gasteiger partial charge in [0, 0.05) is 12.7 Å². The third-order valence-corrected chi connectivity index (χ3v) is 4.56. The van der Waals surface area contributed by atoms with Crippen molar-refractivity contribution in [2.24, 2.45) is 5.92 Å². The van der Waals surface area contributed by atoms with Crippen molar-refractivity contribution >= 4 is 0 Å². The highest BCUT2D eigenvalue weighted by Crippen LogP contribution is 2.43. The van der Waals surface area contributed by atoms with E-state index in [0.29, 0.717) is 5.56 Å². The van der Waals surface area contributed by atoms with E-state index in [1.165, 1.54) is 6.07 Å². The van der Waals surface area contributed by atoms with E-state index in [1.807, 2.05) is 19.2 Å². The first kappa shape index (κ1) is 14.5. The van der Waals surface area contributed by atoms with E-state index < -0.39 is 0 Å². The molecule has 1 aromatic rings. The Morgan fingerprint density at radius 3 is 2.47 bits per heavy atom. The summed E-state index contributed by atoms with van der Waals surface area (Å²) >= 11 is 0. The molecule has 1 saturated carbocycles. The number of halogens is 1. The molecule has 0 aromatic heterocycles. The van der Waals surface area contributed by atoms with Gasteiger partial charge < -0.3 is 10.1 Å². The number of likely N-dealkylation sites (N-methyl/N-ethyl adjacent to an activating group) is 1. The molecular formula is C16H24FNO. The van der Waals surface area contributed by atoms with E-state index in [4.69, 9.17) is 4.74 Å². The standard InChI is InChI=1S/C16H24FNO/c1-12-8-10-16(19-3,11-9-12)15(18-2)13-6-4-5-7-14(13)17/h4-7,12,15,18H,8-11H2,1-3H3. The first-order valence-corrected chi connectivity index (χ1v) is 7.10. The molecule has 0 amide bonds. The summed E-state index contributed by atoms with van der Waals surface area (Å²) in [6, 6.07) is 6.90. The maximum absolute atomic E-state index is 14.1. The predicted octanol–water partition coefficient (Wildman–Crippen LogP) is 3.68. The fourth-order valence-electron chi connectivity index (χ4n) is 3.27. The topological polar surface area (TPSA) is 21.3 Å². The average Bonchev–Trinajstić information content (AvgIpc) is 2.44. The Bertz CT molecular complexity index is 413. The van der Waals surface area contributed by atoms with Gasteiger partial charge in [0.2, 0.25) is 0 Å². The second-order valence-corrected chi connectivity index (χ2v) is 5.69. The number of benzene rings is 1. The predicted molar refractivity (Wildman–Crippen MR) is 75.6 cm³/mol. The number of nitrogens with one attached hydrogen (secondary N) is 1. The summed E-state index contributed by atoms with van der Waals surface area (Å²) < 4.78 is 19.9. The largest absolute Gasteiger partial charge is 0.376 e. The van der Waals surface area contributed by atoms with Gasteiger partial charge in [0.1, 0.15) is 5.82 Å². The van der Waals surface area contributed by atoms with E-state index in [1.54, 1.807) is 13.2 Å². The molecule has 2 rings (SSSR count). The van der Waals surface area contributed by atoms with Crippen LogP contribution in [0.4, 0.5) is 4.39 Å². The zero-order valence-corrected chi connectivity index (χ0v) is 12.1. The van der Waals surface area contributed by atoms with E-state index in [9.17, 15) is 4.39 Å². The molecule has 1 aliphatic rings. The number of hydrogen-bond acceptors (Lipinski definition) is 2. The lowest BCUT2D eigenvalue weighted by molar-refractivity contribution is -0.0752. The summed E-state index contributed by atoms with van der Waals surface area (Å²) in [5.41, 5.74) is 0.421. The van der Waals surface area contributed by atoms with Crippen LogP contribution in [-0.4, -0.2) is 19.8 Å². The summed E-state index contributed by atoms with van der Waals surface area (Å²) in [6.07, 6.45) is 4.23. The van der Waals surface area contributed by atoms with Crippen LogP contribution in [0.25, 0.3) is 0 Å². The molecular weight excluding hydrogens is 241 g/mol. The van der Waals surface area contributed by atoms with Crippen LogP contribution in [0.3, 0.4) is 0 Å². The second-order valence-electron chi connectivity index (χ2n) is 5.69. The molecule has 1 atom stereocenters. The Kier molecular flexibility index (Phi) is 4.58. The van der Waals surface area contributed by atoms with Crippen LogP contribution in [0.2, 0.25) is 0 Å². The van der Waals surface area contributed by atoms with E-state index in [-0.39, 0.29) is 17.5 Å². The van der Waals surface area contributed by atoms with Crippen molar-refractivity contribution in [3.8, 4) is 0 Å². The zero-order valence-electron chi connectivity index (χ0n) is 12.1. The van der Waals surface area contributed by atoms with Gasteiger partial charge in [-0.15, -0.1) is 0 Å². The molecule has 1 fully saturated rings. The number of methoxy groups -OCH3 is 1. The lowest BCUT2D eigenvalue weighted by Crippen LogP contribution is -2.47. The average molecular weight is 265 g/mol. The van der Waals surface area contributed by atoms with Crippen molar-refractivity contribution in [2.75, 3.05) is 14.2 Å². The van der Waals surface area contributed by atoms with Crippen molar-refractivity contribution in [3.63, 3.8) is 0 Å². The van der Waals surface area contributed by atoms with Gasteiger partial charge in [-0.25, -0.2) is 4.39 Å². The highest BCUT2D eigenvalue weighted by Gasteiger charge is 2.42. The minimum Gasteiger partial charge on any atom is -0.376 e. The maximum Gasteiger partial charge on any atom is 0.128 e. The van der Waals surface area contributed by atoms with Crippen molar-refractivity contribution in [3.05, 3.63) is 35.6 Å². The Hall–Kier alpha value is -0.930. The molecule has 3 heteroatoms. The zero-order chi connectivity index (χ0) is 13.9. The number of ether oxygens (including phenoxy) is 1. The first-order chi connectivity index (χ1) is 9.13. The highest BCUT2D eigenvalue weighted by atomic mass is 19.1. The Morgan fingerprint density at radius 1 is 1.32 bits per heavy atom. The van der Waals surface area contributed by atoms with Gasteiger partial charge in [-0.2, -0.15) is 0 Å². The molecule has 1 aliphatic carbocycles. The third kappa shape index (κ3) is 2.82. The van der Waals surface area contributed by atoms with Gasteiger partial charge >= 0.3 is 0 Å². The Balaban J connectivity index is 2.32. The summed E-state index contributed by atoms with van der Waals surface area (Å²) in [6.45, 7) is 2.27. The Morgan fingerprint density at radius 2 is 1.95 bits per heavy atom. The normalized spacial score (nSPS) is 29.2. The van der Waals surface area contributed by atoms with Gasteiger partial charge in [0.05, 0.1) is 11.6 Å². The number of rotatable bonds is 4. The molecule has 106 valence electrons. The van der Waals surface area contributed by atoms with E-state index in [0.717, 1.165) is 31.6 Å². The molecule has 19 heavy (non-hydrogen) atoms. The van der Waals surface area contributed by atoms with Crippen molar-refractivity contribution in [1.82, 2.24) is 5.32 Å². The quantitative estimate of drug-likeness (QED) is 0.896. The van der Waals surface area contributed by atoms with Crippen molar-refractivity contribution in [2.45, 2.75) is 44.2 Å². The molecule has 0 heterocycles. The van der Waals surface area contributed by atoms with Crippen LogP contribution < -0.4 is 5.32 Å².